The first kappa shape index (κ1) is 25.1. The fourth-order valence-electron chi connectivity index (χ4n) is 3.66. The number of aromatic amines is 1. The summed E-state index contributed by atoms with van der Waals surface area (Å²) in [5, 5.41) is 3.85. The molecule has 0 spiro atoms. The summed E-state index contributed by atoms with van der Waals surface area (Å²) < 4.78 is 13.1. The third-order valence-electron chi connectivity index (χ3n) is 5.67. The molecule has 1 aromatic heterocycles. The topological polar surface area (TPSA) is 96.9 Å². The maximum Gasteiger partial charge on any atom is 0.267 e. The summed E-state index contributed by atoms with van der Waals surface area (Å²) in [7, 11) is 0. The summed E-state index contributed by atoms with van der Waals surface area (Å²) in [6, 6.07) is 14.2. The van der Waals surface area contributed by atoms with E-state index in [1.807, 2.05) is 24.3 Å². The molecule has 31 heavy (non-hydrogen) atoms. The van der Waals surface area contributed by atoms with Crippen molar-refractivity contribution in [2.75, 3.05) is 6.54 Å². The lowest BCUT2D eigenvalue weighted by molar-refractivity contribution is 0.0946. The van der Waals surface area contributed by atoms with Gasteiger partial charge < -0.3 is 21.8 Å². The Hall–Kier alpha value is -2.12. The molecular formula is C23H29Cl2FN4O. The highest BCUT2D eigenvalue weighted by Gasteiger charge is 2.28. The van der Waals surface area contributed by atoms with Crippen molar-refractivity contribution in [1.29, 1.82) is 0 Å². The van der Waals surface area contributed by atoms with E-state index in [-0.39, 0.29) is 48.6 Å². The van der Waals surface area contributed by atoms with E-state index in [2.05, 4.69) is 10.3 Å². The zero-order valence-electron chi connectivity index (χ0n) is 17.1. The summed E-state index contributed by atoms with van der Waals surface area (Å²) in [4.78, 5) is 15.7. The van der Waals surface area contributed by atoms with Gasteiger partial charge in [-0.25, -0.2) is 4.39 Å². The Balaban J connectivity index is 0.00000171. The number of carbonyl (C=O) groups excluding carboxylic acids is 1. The van der Waals surface area contributed by atoms with Gasteiger partial charge in [0.05, 0.1) is 0 Å². The van der Waals surface area contributed by atoms with Crippen molar-refractivity contribution in [2.24, 2.45) is 17.4 Å². The van der Waals surface area contributed by atoms with Crippen LogP contribution in [0.5, 0.6) is 0 Å². The van der Waals surface area contributed by atoms with Crippen LogP contribution in [0.25, 0.3) is 22.0 Å². The minimum absolute atomic E-state index is 0. The molecule has 0 radical (unpaired) electrons. The molecule has 2 unspecified atom stereocenters. The van der Waals surface area contributed by atoms with Gasteiger partial charge in [-0.15, -0.1) is 24.8 Å². The molecule has 1 saturated carbocycles. The van der Waals surface area contributed by atoms with Crippen LogP contribution in [0.4, 0.5) is 4.39 Å². The second-order valence-corrected chi connectivity index (χ2v) is 8.04. The van der Waals surface area contributed by atoms with Crippen molar-refractivity contribution in [1.82, 2.24) is 10.3 Å². The molecule has 1 heterocycles. The lowest BCUT2D eigenvalue weighted by atomic mass is 10.0. The lowest BCUT2D eigenvalue weighted by Gasteiger charge is -2.15. The summed E-state index contributed by atoms with van der Waals surface area (Å²) in [6.45, 7) is 0.423. The molecule has 1 aliphatic carbocycles. The maximum absolute atomic E-state index is 13.1. The number of amides is 1. The van der Waals surface area contributed by atoms with Gasteiger partial charge in [0, 0.05) is 29.5 Å². The van der Waals surface area contributed by atoms with Crippen LogP contribution in [-0.4, -0.2) is 29.5 Å². The number of nitrogens with two attached hydrogens (primary N) is 2. The van der Waals surface area contributed by atoms with E-state index in [1.54, 1.807) is 12.1 Å². The van der Waals surface area contributed by atoms with E-state index in [0.29, 0.717) is 18.2 Å². The molecule has 4 rings (SSSR count). The number of aromatic nitrogens is 1. The molecule has 0 aliphatic heterocycles. The standard InChI is InChI=1S/C23H27FN4O.2ClH/c24-18-7-5-14(6-8-18)16-3-4-17-12-22(28-21(17)11-16)23(29)27-13-19(25)9-10-20(26)15-1-2-15;;/h3-8,11-12,15,19-20,28H,1-2,9-10,13,25-26H2,(H,27,29);2*1H. The second-order valence-electron chi connectivity index (χ2n) is 8.04. The van der Waals surface area contributed by atoms with Crippen molar-refractivity contribution in [3.63, 3.8) is 0 Å². The van der Waals surface area contributed by atoms with Crippen molar-refractivity contribution in [2.45, 2.75) is 37.8 Å². The van der Waals surface area contributed by atoms with E-state index in [0.717, 1.165) is 34.9 Å². The smallest absolute Gasteiger partial charge is 0.267 e. The molecular weight excluding hydrogens is 438 g/mol. The Bertz CT molecular complexity index is 1000. The normalized spacial score (nSPS) is 14.9. The number of halogens is 3. The van der Waals surface area contributed by atoms with Crippen LogP contribution < -0.4 is 16.8 Å². The first-order chi connectivity index (χ1) is 14.0. The summed E-state index contributed by atoms with van der Waals surface area (Å²) >= 11 is 0. The Morgan fingerprint density at radius 3 is 2.39 bits per heavy atom. The number of benzene rings is 2. The van der Waals surface area contributed by atoms with Gasteiger partial charge in [-0.2, -0.15) is 0 Å². The number of nitrogens with one attached hydrogen (secondary N) is 2. The van der Waals surface area contributed by atoms with Crippen molar-refractivity contribution in [3.05, 3.63) is 60.0 Å². The fourth-order valence-corrected chi connectivity index (χ4v) is 3.66. The number of H-pyrrole nitrogens is 1. The van der Waals surface area contributed by atoms with Crippen molar-refractivity contribution in [3.8, 4) is 11.1 Å². The molecule has 6 N–H and O–H groups in total. The molecule has 1 amide bonds. The first-order valence-corrected chi connectivity index (χ1v) is 10.2. The average Bonchev–Trinajstić information content (AvgIpc) is 3.49. The fraction of sp³-hybridized carbons (Fsp3) is 0.348. The highest BCUT2D eigenvalue weighted by molar-refractivity contribution is 5.98. The SMILES string of the molecule is Cl.Cl.NC(CCC(N)C1CC1)CNC(=O)c1cc2ccc(-c3ccc(F)cc3)cc2[nH]1. The van der Waals surface area contributed by atoms with Gasteiger partial charge in [-0.1, -0.05) is 24.3 Å². The number of rotatable bonds is 8. The Kier molecular flexibility index (Phi) is 8.89. The van der Waals surface area contributed by atoms with Gasteiger partial charge in [0.1, 0.15) is 11.5 Å². The molecule has 3 aromatic rings. The van der Waals surface area contributed by atoms with Crippen LogP contribution in [0.3, 0.4) is 0 Å². The zero-order chi connectivity index (χ0) is 20.4. The minimum atomic E-state index is -0.263. The predicted octanol–water partition coefficient (Wildman–Crippen LogP) is 4.39. The third-order valence-corrected chi connectivity index (χ3v) is 5.67. The van der Waals surface area contributed by atoms with Crippen LogP contribution in [-0.2, 0) is 0 Å². The molecule has 5 nitrogen and oxygen atoms in total. The van der Waals surface area contributed by atoms with E-state index >= 15 is 0 Å². The summed E-state index contributed by atoms with van der Waals surface area (Å²) in [5.41, 5.74) is 15.5. The van der Waals surface area contributed by atoms with E-state index in [4.69, 9.17) is 11.5 Å². The van der Waals surface area contributed by atoms with Gasteiger partial charge in [0.2, 0.25) is 0 Å². The number of carbonyl (C=O) groups is 1. The average molecular weight is 467 g/mol. The van der Waals surface area contributed by atoms with E-state index in [9.17, 15) is 9.18 Å². The second kappa shape index (κ2) is 11.0. The molecule has 8 heteroatoms. The van der Waals surface area contributed by atoms with Gasteiger partial charge in [-0.3, -0.25) is 4.79 Å². The van der Waals surface area contributed by atoms with Crippen molar-refractivity contribution < 1.29 is 9.18 Å². The van der Waals surface area contributed by atoms with Crippen LogP contribution in [0.2, 0.25) is 0 Å². The third kappa shape index (κ3) is 6.43. The molecule has 1 aliphatic rings. The minimum Gasteiger partial charge on any atom is -0.351 e. The molecule has 2 atom stereocenters. The predicted molar refractivity (Wildman–Crippen MR) is 128 cm³/mol. The van der Waals surface area contributed by atoms with Gasteiger partial charge in [0.25, 0.3) is 5.91 Å². The van der Waals surface area contributed by atoms with Crippen molar-refractivity contribution >= 4 is 41.6 Å². The Labute approximate surface area is 194 Å². The first-order valence-electron chi connectivity index (χ1n) is 10.2. The van der Waals surface area contributed by atoms with Gasteiger partial charge in [0.15, 0.2) is 0 Å². The number of hydrogen-bond donors (Lipinski definition) is 4. The lowest BCUT2D eigenvalue weighted by Crippen LogP contribution is -2.38. The molecule has 0 bridgehead atoms. The van der Waals surface area contributed by atoms with Crippen LogP contribution in [0, 0.1) is 11.7 Å². The van der Waals surface area contributed by atoms with Crippen LogP contribution in [0.1, 0.15) is 36.2 Å². The number of fused-ring (bicyclic) bond motifs is 1. The quantitative estimate of drug-likeness (QED) is 0.396. The number of hydrogen-bond acceptors (Lipinski definition) is 3. The molecule has 168 valence electrons. The molecule has 1 fully saturated rings. The maximum atomic E-state index is 13.1. The summed E-state index contributed by atoms with van der Waals surface area (Å²) in [6.07, 6.45) is 4.18. The zero-order valence-corrected chi connectivity index (χ0v) is 18.8. The summed E-state index contributed by atoms with van der Waals surface area (Å²) in [5.74, 6) is 0.232. The van der Waals surface area contributed by atoms with Gasteiger partial charge >= 0.3 is 0 Å². The van der Waals surface area contributed by atoms with Crippen LogP contribution >= 0.6 is 24.8 Å². The monoisotopic (exact) mass is 466 g/mol. The highest BCUT2D eigenvalue weighted by atomic mass is 35.5. The highest BCUT2D eigenvalue weighted by Crippen LogP contribution is 2.33. The van der Waals surface area contributed by atoms with Gasteiger partial charge in [-0.05, 0) is 67.0 Å². The molecule has 0 saturated heterocycles. The van der Waals surface area contributed by atoms with Crippen LogP contribution in [0.15, 0.2) is 48.5 Å². The largest absolute Gasteiger partial charge is 0.351 e. The Morgan fingerprint density at radius 2 is 1.71 bits per heavy atom. The van der Waals surface area contributed by atoms with E-state index in [1.165, 1.54) is 25.0 Å². The van der Waals surface area contributed by atoms with E-state index < -0.39 is 0 Å². The molecule has 2 aromatic carbocycles. The Morgan fingerprint density at radius 1 is 1.03 bits per heavy atom.